The lowest BCUT2D eigenvalue weighted by Gasteiger charge is -2.06. The highest BCUT2D eigenvalue weighted by Crippen LogP contribution is 2.24. The van der Waals surface area contributed by atoms with Crippen LogP contribution in [0.1, 0.15) is 22.3 Å². The van der Waals surface area contributed by atoms with E-state index in [1.807, 2.05) is 35.2 Å². The number of carbonyl (C=O) groups is 1. The number of fused-ring (bicyclic) bond motifs is 2. The zero-order valence-corrected chi connectivity index (χ0v) is 10.2. The Morgan fingerprint density at radius 3 is 3.05 bits per heavy atom. The van der Waals surface area contributed by atoms with E-state index < -0.39 is 0 Å². The van der Waals surface area contributed by atoms with E-state index >= 15 is 0 Å². The van der Waals surface area contributed by atoms with Gasteiger partial charge in [0, 0.05) is 42.2 Å². The first-order chi connectivity index (χ1) is 9.33. The molecule has 3 aromatic rings. The van der Waals surface area contributed by atoms with Gasteiger partial charge in [0.2, 0.25) is 0 Å². The number of aromatic nitrogens is 3. The zero-order valence-electron chi connectivity index (χ0n) is 10.2. The quantitative estimate of drug-likeness (QED) is 0.666. The van der Waals surface area contributed by atoms with Crippen LogP contribution in [-0.2, 0) is 6.42 Å². The second kappa shape index (κ2) is 3.75. The first-order valence-corrected chi connectivity index (χ1v) is 6.26. The molecule has 0 N–H and O–H groups in total. The van der Waals surface area contributed by atoms with Crippen LogP contribution >= 0.6 is 0 Å². The number of hydrogen-bond donors (Lipinski definition) is 0. The van der Waals surface area contributed by atoms with Gasteiger partial charge in [-0.2, -0.15) is 0 Å². The van der Waals surface area contributed by atoms with E-state index in [2.05, 4.69) is 9.97 Å². The molecule has 0 radical (unpaired) electrons. The monoisotopic (exact) mass is 249 g/mol. The van der Waals surface area contributed by atoms with E-state index in [-0.39, 0.29) is 5.78 Å². The Balaban J connectivity index is 1.91. The minimum Gasteiger partial charge on any atom is -0.301 e. The Hall–Kier alpha value is -2.49. The van der Waals surface area contributed by atoms with E-state index in [0.29, 0.717) is 6.42 Å². The minimum absolute atomic E-state index is 0.204. The summed E-state index contributed by atoms with van der Waals surface area (Å²) in [7, 11) is 0. The van der Waals surface area contributed by atoms with Crippen LogP contribution in [0, 0.1) is 0 Å². The van der Waals surface area contributed by atoms with Gasteiger partial charge in [-0.3, -0.25) is 9.78 Å². The maximum Gasteiger partial charge on any atom is 0.165 e. The number of aryl methyl sites for hydroxylation is 1. The normalized spacial score (nSPS) is 14.0. The Labute approximate surface area is 109 Å². The molecule has 0 saturated heterocycles. The van der Waals surface area contributed by atoms with Crippen molar-refractivity contribution in [3.63, 3.8) is 0 Å². The van der Waals surface area contributed by atoms with Gasteiger partial charge in [0.25, 0.3) is 0 Å². The van der Waals surface area contributed by atoms with E-state index in [1.165, 1.54) is 0 Å². The summed E-state index contributed by atoms with van der Waals surface area (Å²) in [5.41, 5.74) is 2.96. The first kappa shape index (κ1) is 10.4. The molecule has 0 aliphatic heterocycles. The topological polar surface area (TPSA) is 47.8 Å². The Kier molecular flexibility index (Phi) is 2.06. The summed E-state index contributed by atoms with van der Waals surface area (Å²) in [5.74, 6) is 1.06. The molecule has 19 heavy (non-hydrogen) atoms. The van der Waals surface area contributed by atoms with Crippen molar-refractivity contribution < 1.29 is 4.79 Å². The molecule has 0 amide bonds. The summed E-state index contributed by atoms with van der Waals surface area (Å²) in [6, 6.07) is 6.00. The Morgan fingerprint density at radius 1 is 1.16 bits per heavy atom. The predicted molar refractivity (Wildman–Crippen MR) is 71.5 cm³/mol. The van der Waals surface area contributed by atoms with Crippen molar-refractivity contribution in [2.24, 2.45) is 0 Å². The molecule has 3 aromatic heterocycles. The van der Waals surface area contributed by atoms with E-state index in [4.69, 9.17) is 0 Å². The second-order valence-corrected chi connectivity index (χ2v) is 4.74. The molecule has 0 aromatic carbocycles. The molecule has 4 rings (SSSR count). The lowest BCUT2D eigenvalue weighted by atomic mass is 10.2. The summed E-state index contributed by atoms with van der Waals surface area (Å²) < 4.78 is 2.03. The van der Waals surface area contributed by atoms with Gasteiger partial charge in [0.05, 0.1) is 5.52 Å². The Morgan fingerprint density at radius 2 is 2.11 bits per heavy atom. The molecule has 0 unspecified atom stereocenters. The number of Topliss-reactive ketones (excluding diaryl/α,β-unsaturated/α-hetero) is 1. The lowest BCUT2D eigenvalue weighted by molar-refractivity contribution is 0.0994. The van der Waals surface area contributed by atoms with Crippen LogP contribution < -0.4 is 0 Å². The number of hydrogen-bond acceptors (Lipinski definition) is 3. The number of carbonyl (C=O) groups excluding carboxylic acids is 1. The molecular weight excluding hydrogens is 238 g/mol. The van der Waals surface area contributed by atoms with Crippen LogP contribution in [-0.4, -0.2) is 20.3 Å². The zero-order chi connectivity index (χ0) is 12.8. The summed E-state index contributed by atoms with van der Waals surface area (Å²) in [4.78, 5) is 20.1. The summed E-state index contributed by atoms with van der Waals surface area (Å²) in [6.45, 7) is 0. The summed E-state index contributed by atoms with van der Waals surface area (Å²) in [6.07, 6.45) is 8.73. The highest BCUT2D eigenvalue weighted by atomic mass is 16.1. The fourth-order valence-corrected chi connectivity index (χ4v) is 2.64. The average molecular weight is 249 g/mol. The van der Waals surface area contributed by atoms with Crippen molar-refractivity contribution in [1.82, 2.24) is 14.5 Å². The highest BCUT2D eigenvalue weighted by molar-refractivity contribution is 6.00. The second-order valence-electron chi connectivity index (χ2n) is 4.74. The van der Waals surface area contributed by atoms with Crippen molar-refractivity contribution in [3.05, 3.63) is 54.1 Å². The maximum absolute atomic E-state index is 11.6. The van der Waals surface area contributed by atoms with Gasteiger partial charge in [-0.15, -0.1) is 0 Å². The average Bonchev–Trinajstić information content (AvgIpc) is 3.03. The van der Waals surface area contributed by atoms with Crippen molar-refractivity contribution in [2.45, 2.75) is 12.8 Å². The third kappa shape index (κ3) is 1.50. The molecule has 0 saturated carbocycles. The molecule has 0 atom stereocenters. The van der Waals surface area contributed by atoms with Gasteiger partial charge in [0.15, 0.2) is 5.78 Å². The fraction of sp³-hybridized carbons (Fsp3) is 0.133. The van der Waals surface area contributed by atoms with Crippen LogP contribution in [0.25, 0.3) is 16.7 Å². The molecule has 3 heterocycles. The van der Waals surface area contributed by atoms with Crippen molar-refractivity contribution in [3.8, 4) is 5.82 Å². The van der Waals surface area contributed by atoms with Gasteiger partial charge in [0.1, 0.15) is 5.82 Å². The maximum atomic E-state index is 11.6. The van der Waals surface area contributed by atoms with Crippen LogP contribution in [0.3, 0.4) is 0 Å². The smallest absolute Gasteiger partial charge is 0.165 e. The van der Waals surface area contributed by atoms with E-state index in [0.717, 1.165) is 34.3 Å². The summed E-state index contributed by atoms with van der Waals surface area (Å²) >= 11 is 0. The molecule has 1 aliphatic rings. The number of nitrogens with zero attached hydrogens (tertiary/aromatic N) is 3. The minimum atomic E-state index is 0.204. The third-order valence-electron chi connectivity index (χ3n) is 3.63. The van der Waals surface area contributed by atoms with Gasteiger partial charge in [-0.05, 0) is 30.2 Å². The third-order valence-corrected chi connectivity index (χ3v) is 3.63. The summed E-state index contributed by atoms with van der Waals surface area (Å²) in [5, 5.41) is 1.08. The molecule has 0 fully saturated rings. The lowest BCUT2D eigenvalue weighted by Crippen LogP contribution is -1.99. The largest absolute Gasteiger partial charge is 0.301 e. The fourth-order valence-electron chi connectivity index (χ4n) is 2.64. The molecule has 0 spiro atoms. The highest BCUT2D eigenvalue weighted by Gasteiger charge is 2.20. The molecular formula is C15H11N3O. The van der Waals surface area contributed by atoms with Crippen molar-refractivity contribution in [2.75, 3.05) is 0 Å². The molecule has 92 valence electrons. The van der Waals surface area contributed by atoms with Crippen LogP contribution in [0.4, 0.5) is 0 Å². The van der Waals surface area contributed by atoms with Crippen LogP contribution in [0.15, 0.2) is 43.0 Å². The standard InChI is InChI=1S/C15H11N3O/c19-14-2-1-10-7-15(17-9-12(10)14)18-6-4-11-8-16-5-3-13(11)18/h3-9H,1-2H2. The van der Waals surface area contributed by atoms with E-state index in [1.54, 1.807) is 12.4 Å². The number of pyridine rings is 2. The molecule has 4 heteroatoms. The van der Waals surface area contributed by atoms with Crippen molar-refractivity contribution >= 4 is 16.7 Å². The number of ketones is 1. The van der Waals surface area contributed by atoms with Gasteiger partial charge >= 0.3 is 0 Å². The molecule has 0 bridgehead atoms. The predicted octanol–water partition coefficient (Wildman–Crippen LogP) is 2.55. The number of rotatable bonds is 1. The Bertz CT molecular complexity index is 804. The molecule has 4 nitrogen and oxygen atoms in total. The van der Waals surface area contributed by atoms with Gasteiger partial charge in [-0.1, -0.05) is 0 Å². The van der Waals surface area contributed by atoms with Crippen LogP contribution in [0.2, 0.25) is 0 Å². The molecule has 1 aliphatic carbocycles. The first-order valence-electron chi connectivity index (χ1n) is 6.26. The van der Waals surface area contributed by atoms with E-state index in [9.17, 15) is 4.79 Å². The van der Waals surface area contributed by atoms with Gasteiger partial charge < -0.3 is 4.57 Å². The van der Waals surface area contributed by atoms with Crippen molar-refractivity contribution in [1.29, 1.82) is 0 Å². The SMILES string of the molecule is O=C1CCc2cc(-n3ccc4cnccc43)ncc21. The van der Waals surface area contributed by atoms with Crippen LogP contribution in [0.5, 0.6) is 0 Å². The van der Waals surface area contributed by atoms with Gasteiger partial charge in [-0.25, -0.2) is 4.98 Å².